The summed E-state index contributed by atoms with van der Waals surface area (Å²) in [4.78, 5) is 12.4. The van der Waals surface area contributed by atoms with Gasteiger partial charge in [0, 0.05) is 11.6 Å². The van der Waals surface area contributed by atoms with Crippen LogP contribution in [-0.4, -0.2) is 14.3 Å². The molecule has 3 rings (SSSR count). The Labute approximate surface area is 158 Å². The molecule has 7 heteroatoms. The Morgan fingerprint density at radius 1 is 1.00 bits per heavy atom. The SMILES string of the molecule is O=C(Nc1cccc(S(=O)(=O)Nc2ccccc2Cl)c1)C1CCCCC1. The summed E-state index contributed by atoms with van der Waals surface area (Å²) in [6.45, 7) is 0. The highest BCUT2D eigenvalue weighted by Gasteiger charge is 2.22. The third kappa shape index (κ3) is 4.56. The van der Waals surface area contributed by atoms with Crippen molar-refractivity contribution in [3.8, 4) is 0 Å². The predicted molar refractivity (Wildman–Crippen MR) is 104 cm³/mol. The van der Waals surface area contributed by atoms with E-state index in [9.17, 15) is 13.2 Å². The molecule has 2 aromatic carbocycles. The molecule has 1 amide bonds. The van der Waals surface area contributed by atoms with Gasteiger partial charge in [-0.1, -0.05) is 49.1 Å². The first-order chi connectivity index (χ1) is 12.5. The van der Waals surface area contributed by atoms with Crippen LogP contribution in [-0.2, 0) is 14.8 Å². The standard InChI is InChI=1S/C19H21ClN2O3S/c20-17-11-4-5-12-18(17)22-26(24,25)16-10-6-9-15(13-16)21-19(23)14-7-2-1-3-8-14/h4-6,9-14,22H,1-3,7-8H2,(H,21,23). The lowest BCUT2D eigenvalue weighted by Crippen LogP contribution is -2.24. The van der Waals surface area contributed by atoms with Gasteiger partial charge in [-0.3, -0.25) is 9.52 Å². The minimum absolute atomic E-state index is 0.00487. The average Bonchev–Trinajstić information content (AvgIpc) is 2.64. The molecule has 5 nitrogen and oxygen atoms in total. The van der Waals surface area contributed by atoms with Gasteiger partial charge in [-0.25, -0.2) is 8.42 Å². The number of carbonyl (C=O) groups is 1. The number of carbonyl (C=O) groups excluding carboxylic acids is 1. The van der Waals surface area contributed by atoms with Gasteiger partial charge < -0.3 is 5.32 Å². The van der Waals surface area contributed by atoms with Crippen molar-refractivity contribution in [1.82, 2.24) is 0 Å². The summed E-state index contributed by atoms with van der Waals surface area (Å²) in [5.74, 6) is -0.0384. The summed E-state index contributed by atoms with van der Waals surface area (Å²) < 4.78 is 27.7. The minimum Gasteiger partial charge on any atom is -0.326 e. The number of para-hydroxylation sites is 1. The summed E-state index contributed by atoms with van der Waals surface area (Å²) in [6, 6.07) is 12.9. The third-order valence-electron chi connectivity index (χ3n) is 4.51. The first kappa shape index (κ1) is 18.7. The molecule has 0 spiro atoms. The van der Waals surface area contributed by atoms with Crippen molar-refractivity contribution in [3.05, 3.63) is 53.6 Å². The highest BCUT2D eigenvalue weighted by atomic mass is 35.5. The van der Waals surface area contributed by atoms with Gasteiger partial charge in [-0.2, -0.15) is 0 Å². The quantitative estimate of drug-likeness (QED) is 0.776. The molecule has 1 aliphatic carbocycles. The Balaban J connectivity index is 1.75. The molecule has 2 N–H and O–H groups in total. The molecule has 0 unspecified atom stereocenters. The van der Waals surface area contributed by atoms with Crippen LogP contribution in [0.3, 0.4) is 0 Å². The molecule has 1 fully saturated rings. The van der Waals surface area contributed by atoms with Gasteiger partial charge in [-0.05, 0) is 43.2 Å². The zero-order valence-electron chi connectivity index (χ0n) is 14.2. The zero-order valence-corrected chi connectivity index (χ0v) is 15.8. The molecular weight excluding hydrogens is 372 g/mol. The van der Waals surface area contributed by atoms with Crippen molar-refractivity contribution in [2.75, 3.05) is 10.0 Å². The number of anilines is 2. The normalized spacial score (nSPS) is 15.4. The van der Waals surface area contributed by atoms with Crippen LogP contribution in [0.5, 0.6) is 0 Å². The van der Waals surface area contributed by atoms with Crippen LogP contribution in [0.1, 0.15) is 32.1 Å². The minimum atomic E-state index is -3.80. The van der Waals surface area contributed by atoms with E-state index in [2.05, 4.69) is 10.0 Å². The van der Waals surface area contributed by atoms with Gasteiger partial charge in [0.05, 0.1) is 15.6 Å². The van der Waals surface area contributed by atoms with Crippen LogP contribution in [0.4, 0.5) is 11.4 Å². The third-order valence-corrected chi connectivity index (χ3v) is 6.20. The van der Waals surface area contributed by atoms with Crippen LogP contribution in [0.2, 0.25) is 5.02 Å². The maximum Gasteiger partial charge on any atom is 0.262 e. The van der Waals surface area contributed by atoms with Crippen molar-refractivity contribution in [2.45, 2.75) is 37.0 Å². The number of halogens is 1. The summed E-state index contributed by atoms with van der Waals surface area (Å²) in [5.41, 5.74) is 0.786. The fourth-order valence-corrected chi connectivity index (χ4v) is 4.46. The Kier molecular flexibility index (Phi) is 5.84. The Hall–Kier alpha value is -2.05. The molecule has 26 heavy (non-hydrogen) atoms. The molecule has 0 bridgehead atoms. The van der Waals surface area contributed by atoms with Crippen molar-refractivity contribution >= 4 is 38.9 Å². The van der Waals surface area contributed by atoms with E-state index in [1.807, 2.05) is 0 Å². The molecule has 0 aliphatic heterocycles. The maximum absolute atomic E-state index is 12.6. The first-order valence-corrected chi connectivity index (χ1v) is 10.5. The Morgan fingerprint density at radius 3 is 2.46 bits per heavy atom. The van der Waals surface area contributed by atoms with Crippen LogP contribution >= 0.6 is 11.6 Å². The molecule has 1 saturated carbocycles. The fourth-order valence-electron chi connectivity index (χ4n) is 3.10. The molecule has 2 aromatic rings. The van der Waals surface area contributed by atoms with E-state index in [0.717, 1.165) is 25.7 Å². The maximum atomic E-state index is 12.6. The zero-order chi connectivity index (χ0) is 18.6. The van der Waals surface area contributed by atoms with Crippen LogP contribution in [0, 0.1) is 5.92 Å². The molecule has 0 radical (unpaired) electrons. The number of benzene rings is 2. The predicted octanol–water partition coefficient (Wildman–Crippen LogP) is 4.66. The first-order valence-electron chi connectivity index (χ1n) is 8.64. The molecule has 0 saturated heterocycles. The average molecular weight is 393 g/mol. The van der Waals surface area contributed by atoms with Crippen molar-refractivity contribution in [3.63, 3.8) is 0 Å². The van der Waals surface area contributed by atoms with Gasteiger partial charge in [-0.15, -0.1) is 0 Å². The van der Waals surface area contributed by atoms with Crippen LogP contribution in [0.25, 0.3) is 0 Å². The topological polar surface area (TPSA) is 75.3 Å². The van der Waals surface area contributed by atoms with E-state index < -0.39 is 10.0 Å². The van der Waals surface area contributed by atoms with Gasteiger partial charge in [0.25, 0.3) is 10.0 Å². The lowest BCUT2D eigenvalue weighted by Gasteiger charge is -2.20. The second-order valence-corrected chi connectivity index (χ2v) is 8.53. The number of hydrogen-bond acceptors (Lipinski definition) is 3. The van der Waals surface area contributed by atoms with Crippen molar-refractivity contribution in [1.29, 1.82) is 0 Å². The molecular formula is C19H21ClN2O3S. The Bertz CT molecular complexity index is 893. The molecule has 138 valence electrons. The second-order valence-electron chi connectivity index (χ2n) is 6.44. The van der Waals surface area contributed by atoms with Crippen molar-refractivity contribution < 1.29 is 13.2 Å². The monoisotopic (exact) mass is 392 g/mol. The summed E-state index contributed by atoms with van der Waals surface area (Å²) in [6.07, 6.45) is 5.07. The van der Waals surface area contributed by atoms with Gasteiger partial charge >= 0.3 is 0 Å². The van der Waals surface area contributed by atoms with Gasteiger partial charge in [0.2, 0.25) is 5.91 Å². The highest BCUT2D eigenvalue weighted by molar-refractivity contribution is 7.92. The van der Waals surface area contributed by atoms with Gasteiger partial charge in [0.15, 0.2) is 0 Å². The molecule has 0 atom stereocenters. The van der Waals surface area contributed by atoms with Crippen LogP contribution < -0.4 is 10.0 Å². The van der Waals surface area contributed by atoms with Crippen LogP contribution in [0.15, 0.2) is 53.4 Å². The van der Waals surface area contributed by atoms with Crippen molar-refractivity contribution in [2.24, 2.45) is 5.92 Å². The summed E-state index contributed by atoms with van der Waals surface area (Å²) >= 11 is 6.02. The number of amides is 1. The lowest BCUT2D eigenvalue weighted by molar-refractivity contribution is -0.120. The molecule has 1 aliphatic rings. The smallest absolute Gasteiger partial charge is 0.262 e. The van der Waals surface area contributed by atoms with Gasteiger partial charge in [0.1, 0.15) is 0 Å². The molecule has 0 aromatic heterocycles. The van der Waals surface area contributed by atoms with E-state index in [1.165, 1.54) is 18.6 Å². The number of rotatable bonds is 5. The van der Waals surface area contributed by atoms with E-state index in [-0.39, 0.29) is 16.7 Å². The van der Waals surface area contributed by atoms with E-state index in [0.29, 0.717) is 16.4 Å². The number of hydrogen-bond donors (Lipinski definition) is 2. The van der Waals surface area contributed by atoms with E-state index in [4.69, 9.17) is 11.6 Å². The van der Waals surface area contributed by atoms with E-state index in [1.54, 1.807) is 36.4 Å². The number of nitrogens with one attached hydrogen (secondary N) is 2. The van der Waals surface area contributed by atoms with E-state index >= 15 is 0 Å². The summed E-state index contributed by atoms with van der Waals surface area (Å²) in [7, 11) is -3.80. The Morgan fingerprint density at radius 2 is 1.73 bits per heavy atom. The second kappa shape index (κ2) is 8.10. The summed E-state index contributed by atoms with van der Waals surface area (Å²) in [5, 5.41) is 3.16. The highest BCUT2D eigenvalue weighted by Crippen LogP contribution is 2.27. The lowest BCUT2D eigenvalue weighted by atomic mass is 9.88. The molecule has 0 heterocycles. The number of sulfonamides is 1. The largest absolute Gasteiger partial charge is 0.326 e. The fraction of sp³-hybridized carbons (Fsp3) is 0.316.